The number of anilines is 1. The second-order valence-electron chi connectivity index (χ2n) is 5.38. The third-order valence-corrected chi connectivity index (χ3v) is 4.48. The SMILES string of the molecule is CC1C(=O)N2CCCCC2C(=O)N1c1ccccc1Cl. The van der Waals surface area contributed by atoms with E-state index in [1.165, 1.54) is 0 Å². The number of nitrogens with zero attached hydrogens (tertiary/aromatic N) is 2. The maximum atomic E-state index is 12.7. The smallest absolute Gasteiger partial charge is 0.250 e. The third kappa shape index (κ3) is 1.99. The van der Waals surface area contributed by atoms with Gasteiger partial charge in [0.05, 0.1) is 10.7 Å². The molecule has 0 spiro atoms. The third-order valence-electron chi connectivity index (χ3n) is 4.17. The molecular weight excluding hydrogens is 276 g/mol. The van der Waals surface area contributed by atoms with Gasteiger partial charge in [0.1, 0.15) is 12.1 Å². The summed E-state index contributed by atoms with van der Waals surface area (Å²) >= 11 is 6.19. The summed E-state index contributed by atoms with van der Waals surface area (Å²) in [7, 11) is 0. The molecule has 0 saturated carbocycles. The monoisotopic (exact) mass is 292 g/mol. The van der Waals surface area contributed by atoms with Crippen LogP contribution in [0.25, 0.3) is 0 Å². The number of benzene rings is 1. The summed E-state index contributed by atoms with van der Waals surface area (Å²) in [5, 5.41) is 0.504. The van der Waals surface area contributed by atoms with E-state index in [0.29, 0.717) is 17.3 Å². The molecule has 0 aliphatic carbocycles. The van der Waals surface area contributed by atoms with Gasteiger partial charge in [-0.25, -0.2) is 0 Å². The number of rotatable bonds is 1. The predicted octanol–water partition coefficient (Wildman–Crippen LogP) is 2.46. The van der Waals surface area contributed by atoms with Crippen molar-refractivity contribution < 1.29 is 9.59 Å². The number of para-hydroxylation sites is 1. The highest BCUT2D eigenvalue weighted by molar-refractivity contribution is 6.34. The molecule has 4 nitrogen and oxygen atoms in total. The fraction of sp³-hybridized carbons (Fsp3) is 0.467. The number of hydrogen-bond acceptors (Lipinski definition) is 2. The molecule has 0 radical (unpaired) electrons. The van der Waals surface area contributed by atoms with Gasteiger partial charge in [-0.1, -0.05) is 23.7 Å². The van der Waals surface area contributed by atoms with Crippen molar-refractivity contribution in [3.8, 4) is 0 Å². The number of hydrogen-bond donors (Lipinski definition) is 0. The molecule has 5 heteroatoms. The van der Waals surface area contributed by atoms with Gasteiger partial charge >= 0.3 is 0 Å². The van der Waals surface area contributed by atoms with Gasteiger partial charge in [0.2, 0.25) is 5.91 Å². The van der Waals surface area contributed by atoms with E-state index in [4.69, 9.17) is 11.6 Å². The molecule has 2 heterocycles. The number of amides is 2. The quantitative estimate of drug-likeness (QED) is 0.798. The molecule has 106 valence electrons. The average molecular weight is 293 g/mol. The first kappa shape index (κ1) is 13.4. The van der Waals surface area contributed by atoms with Gasteiger partial charge in [0.15, 0.2) is 0 Å². The van der Waals surface area contributed by atoms with E-state index in [-0.39, 0.29) is 17.9 Å². The van der Waals surface area contributed by atoms with Crippen molar-refractivity contribution in [3.05, 3.63) is 29.3 Å². The summed E-state index contributed by atoms with van der Waals surface area (Å²) in [6.45, 7) is 2.46. The Labute approximate surface area is 123 Å². The molecule has 0 N–H and O–H groups in total. The van der Waals surface area contributed by atoms with Crippen LogP contribution < -0.4 is 4.90 Å². The molecule has 1 aromatic rings. The minimum atomic E-state index is -0.489. The van der Waals surface area contributed by atoms with E-state index in [9.17, 15) is 9.59 Å². The molecule has 0 aromatic heterocycles. The summed E-state index contributed by atoms with van der Waals surface area (Å²) in [6.07, 6.45) is 2.72. The summed E-state index contributed by atoms with van der Waals surface area (Å²) in [5.74, 6) is 0.0131. The van der Waals surface area contributed by atoms with Crippen molar-refractivity contribution >= 4 is 29.1 Å². The van der Waals surface area contributed by atoms with E-state index in [0.717, 1.165) is 19.3 Å². The number of carbonyl (C=O) groups is 2. The fourth-order valence-electron chi connectivity index (χ4n) is 3.13. The number of carbonyl (C=O) groups excluding carboxylic acids is 2. The second kappa shape index (κ2) is 5.09. The molecule has 20 heavy (non-hydrogen) atoms. The van der Waals surface area contributed by atoms with E-state index in [1.54, 1.807) is 28.9 Å². The van der Waals surface area contributed by atoms with Crippen LogP contribution in [-0.2, 0) is 9.59 Å². The van der Waals surface area contributed by atoms with E-state index < -0.39 is 6.04 Å². The van der Waals surface area contributed by atoms with E-state index in [1.807, 2.05) is 12.1 Å². The minimum Gasteiger partial charge on any atom is -0.329 e. The van der Waals surface area contributed by atoms with Crippen LogP contribution in [0.2, 0.25) is 5.02 Å². The second-order valence-corrected chi connectivity index (χ2v) is 5.79. The lowest BCUT2D eigenvalue weighted by Gasteiger charge is -2.46. The van der Waals surface area contributed by atoms with Crippen LogP contribution in [-0.4, -0.2) is 35.3 Å². The van der Waals surface area contributed by atoms with E-state index >= 15 is 0 Å². The number of halogens is 1. The lowest BCUT2D eigenvalue weighted by atomic mass is 9.95. The van der Waals surface area contributed by atoms with Crippen LogP contribution in [0.1, 0.15) is 26.2 Å². The largest absolute Gasteiger partial charge is 0.329 e. The molecule has 2 fully saturated rings. The first-order valence-electron chi connectivity index (χ1n) is 6.99. The molecule has 2 saturated heterocycles. The Morgan fingerprint density at radius 1 is 1.15 bits per heavy atom. The Morgan fingerprint density at radius 2 is 1.90 bits per heavy atom. The van der Waals surface area contributed by atoms with Gasteiger partial charge in [-0.05, 0) is 38.3 Å². The summed E-state index contributed by atoms with van der Waals surface area (Å²) in [5.41, 5.74) is 0.630. The molecular formula is C15H17ClN2O2. The molecule has 2 atom stereocenters. The van der Waals surface area contributed by atoms with Gasteiger partial charge in [0, 0.05) is 6.54 Å². The molecule has 2 unspecified atom stereocenters. The Morgan fingerprint density at radius 3 is 2.65 bits per heavy atom. The molecule has 0 bridgehead atoms. The van der Waals surface area contributed by atoms with Crippen LogP contribution in [0.4, 0.5) is 5.69 Å². The van der Waals surface area contributed by atoms with Gasteiger partial charge in [-0.3, -0.25) is 14.5 Å². The van der Waals surface area contributed by atoms with Crippen molar-refractivity contribution in [2.45, 2.75) is 38.3 Å². The van der Waals surface area contributed by atoms with Crippen LogP contribution in [0, 0.1) is 0 Å². The first-order chi connectivity index (χ1) is 9.61. The van der Waals surface area contributed by atoms with Crippen molar-refractivity contribution in [1.29, 1.82) is 0 Å². The Balaban J connectivity index is 2.01. The lowest BCUT2D eigenvalue weighted by Crippen LogP contribution is -2.65. The Kier molecular flexibility index (Phi) is 3.42. The Hall–Kier alpha value is -1.55. The highest BCUT2D eigenvalue weighted by Crippen LogP contribution is 2.33. The minimum absolute atomic E-state index is 0.00935. The maximum absolute atomic E-state index is 12.7. The zero-order chi connectivity index (χ0) is 14.3. The number of piperazine rings is 1. The van der Waals surface area contributed by atoms with Crippen molar-refractivity contribution in [2.24, 2.45) is 0 Å². The number of fused-ring (bicyclic) bond motifs is 1. The highest BCUT2D eigenvalue weighted by Gasteiger charge is 2.45. The molecule has 1 aromatic carbocycles. The first-order valence-corrected chi connectivity index (χ1v) is 7.37. The van der Waals surface area contributed by atoms with Crippen molar-refractivity contribution in [1.82, 2.24) is 4.90 Å². The van der Waals surface area contributed by atoms with E-state index in [2.05, 4.69) is 0 Å². The fourth-order valence-corrected chi connectivity index (χ4v) is 3.36. The van der Waals surface area contributed by atoms with Gasteiger partial charge in [-0.15, -0.1) is 0 Å². The predicted molar refractivity (Wildman–Crippen MR) is 77.8 cm³/mol. The van der Waals surface area contributed by atoms with Crippen molar-refractivity contribution in [2.75, 3.05) is 11.4 Å². The molecule has 2 amide bonds. The normalized spacial score (nSPS) is 26.7. The van der Waals surface area contributed by atoms with Crippen LogP contribution in [0.5, 0.6) is 0 Å². The van der Waals surface area contributed by atoms with Crippen molar-refractivity contribution in [3.63, 3.8) is 0 Å². The summed E-state index contributed by atoms with van der Waals surface area (Å²) < 4.78 is 0. The zero-order valence-corrected chi connectivity index (χ0v) is 12.1. The molecule has 2 aliphatic rings. The van der Waals surface area contributed by atoms with Crippen LogP contribution >= 0.6 is 11.6 Å². The summed E-state index contributed by atoms with van der Waals surface area (Å²) in [6, 6.07) is 6.39. The molecule has 2 aliphatic heterocycles. The van der Waals surface area contributed by atoms with Crippen LogP contribution in [0.15, 0.2) is 24.3 Å². The average Bonchev–Trinajstić information content (AvgIpc) is 2.47. The highest BCUT2D eigenvalue weighted by atomic mass is 35.5. The van der Waals surface area contributed by atoms with Crippen LogP contribution in [0.3, 0.4) is 0 Å². The topological polar surface area (TPSA) is 40.6 Å². The lowest BCUT2D eigenvalue weighted by molar-refractivity contribution is -0.147. The summed E-state index contributed by atoms with van der Waals surface area (Å²) in [4.78, 5) is 28.5. The number of piperidine rings is 1. The zero-order valence-electron chi connectivity index (χ0n) is 11.4. The molecule has 3 rings (SSSR count). The maximum Gasteiger partial charge on any atom is 0.250 e. The Bertz CT molecular complexity index is 561. The van der Waals surface area contributed by atoms with Gasteiger partial charge < -0.3 is 4.90 Å². The van der Waals surface area contributed by atoms with Gasteiger partial charge in [-0.2, -0.15) is 0 Å². The standard InChI is InChI=1S/C15H17ClN2O2/c1-10-14(19)17-9-5-4-8-13(17)15(20)18(10)12-7-3-2-6-11(12)16/h2-3,6-7,10,13H,4-5,8-9H2,1H3. The van der Waals surface area contributed by atoms with Gasteiger partial charge in [0.25, 0.3) is 5.91 Å².